The monoisotopic (exact) mass is 342 g/mol. The quantitative estimate of drug-likeness (QED) is 0.862. The molecule has 0 bridgehead atoms. The number of halogens is 1. The van der Waals surface area contributed by atoms with Gasteiger partial charge in [-0.2, -0.15) is 0 Å². The summed E-state index contributed by atoms with van der Waals surface area (Å²) in [7, 11) is -3.69. The summed E-state index contributed by atoms with van der Waals surface area (Å²) in [5.74, 6) is -0.628. The van der Waals surface area contributed by atoms with Crippen LogP contribution in [0.3, 0.4) is 0 Å². The van der Waals surface area contributed by atoms with Crippen molar-refractivity contribution in [3.05, 3.63) is 30.1 Å². The first-order valence-electron chi connectivity index (χ1n) is 7.49. The third kappa shape index (κ3) is 3.48. The topological polar surface area (TPSA) is 75.7 Å². The van der Waals surface area contributed by atoms with E-state index in [9.17, 15) is 17.6 Å². The van der Waals surface area contributed by atoms with Crippen molar-refractivity contribution < 1.29 is 22.3 Å². The highest BCUT2D eigenvalue weighted by atomic mass is 32.2. The van der Waals surface area contributed by atoms with E-state index >= 15 is 0 Å². The molecule has 1 heterocycles. The second-order valence-electron chi connectivity index (χ2n) is 6.02. The zero-order chi connectivity index (χ0) is 16.6. The van der Waals surface area contributed by atoms with Gasteiger partial charge < -0.3 is 10.1 Å². The number of rotatable bonds is 5. The van der Waals surface area contributed by atoms with Crippen molar-refractivity contribution in [3.8, 4) is 0 Å². The Balaban J connectivity index is 1.68. The number of hydrogen-bond acceptors (Lipinski definition) is 4. The highest BCUT2D eigenvalue weighted by molar-refractivity contribution is 7.92. The Kier molecular flexibility index (Phi) is 4.29. The number of anilines is 1. The fourth-order valence-electron chi connectivity index (χ4n) is 3.18. The minimum absolute atomic E-state index is 0.0314. The van der Waals surface area contributed by atoms with Gasteiger partial charge in [0.2, 0.25) is 15.9 Å². The molecule has 1 aliphatic carbocycles. The van der Waals surface area contributed by atoms with Crippen LogP contribution in [0.5, 0.6) is 0 Å². The van der Waals surface area contributed by atoms with Crippen LogP contribution in [0, 0.1) is 11.7 Å². The number of sulfonamides is 1. The van der Waals surface area contributed by atoms with E-state index in [1.54, 1.807) is 0 Å². The number of nitrogens with one attached hydrogen (secondary N) is 1. The largest absolute Gasteiger partial charge is 0.378 e. The van der Waals surface area contributed by atoms with E-state index in [0.717, 1.165) is 29.5 Å². The van der Waals surface area contributed by atoms with Crippen molar-refractivity contribution in [2.45, 2.75) is 25.0 Å². The van der Waals surface area contributed by atoms with E-state index in [4.69, 9.17) is 4.74 Å². The summed E-state index contributed by atoms with van der Waals surface area (Å²) in [6, 6.07) is 5.22. The Morgan fingerprint density at radius 1 is 1.48 bits per heavy atom. The van der Waals surface area contributed by atoms with E-state index in [-0.39, 0.29) is 24.4 Å². The first kappa shape index (κ1) is 16.2. The zero-order valence-electron chi connectivity index (χ0n) is 12.7. The number of ether oxygens (including phenoxy) is 1. The van der Waals surface area contributed by atoms with E-state index in [2.05, 4.69) is 5.32 Å². The summed E-state index contributed by atoms with van der Waals surface area (Å²) in [6.45, 7) is 0.345. The Labute approximate surface area is 134 Å². The molecular formula is C15H19FN2O4S. The summed E-state index contributed by atoms with van der Waals surface area (Å²) < 4.78 is 43.6. The zero-order valence-corrected chi connectivity index (χ0v) is 13.6. The minimum Gasteiger partial charge on any atom is -0.378 e. The Morgan fingerprint density at radius 3 is 2.91 bits per heavy atom. The van der Waals surface area contributed by atoms with E-state index in [1.165, 1.54) is 18.2 Å². The number of nitrogens with zero attached hydrogens (tertiary/aromatic N) is 1. The van der Waals surface area contributed by atoms with Crippen molar-refractivity contribution in [2.24, 2.45) is 5.92 Å². The van der Waals surface area contributed by atoms with Crippen LogP contribution in [-0.2, 0) is 19.6 Å². The lowest BCUT2D eigenvalue weighted by Gasteiger charge is -2.39. The lowest BCUT2D eigenvalue weighted by molar-refractivity contribution is -0.122. The van der Waals surface area contributed by atoms with Crippen LogP contribution in [0.15, 0.2) is 24.3 Å². The second-order valence-corrected chi connectivity index (χ2v) is 7.93. The molecule has 2 fully saturated rings. The number of fused-ring (bicyclic) bond motifs is 1. The highest BCUT2D eigenvalue weighted by Gasteiger charge is 2.45. The van der Waals surface area contributed by atoms with Crippen LogP contribution in [0.1, 0.15) is 12.8 Å². The number of benzene rings is 1. The van der Waals surface area contributed by atoms with Gasteiger partial charge in [0, 0.05) is 18.6 Å². The van der Waals surface area contributed by atoms with Gasteiger partial charge in [0.1, 0.15) is 12.4 Å². The summed E-state index contributed by atoms with van der Waals surface area (Å²) in [5.41, 5.74) is 0.137. The average Bonchev–Trinajstić information content (AvgIpc) is 2.82. The minimum atomic E-state index is -3.69. The van der Waals surface area contributed by atoms with Gasteiger partial charge >= 0.3 is 0 Å². The summed E-state index contributed by atoms with van der Waals surface area (Å²) >= 11 is 0. The molecule has 1 saturated carbocycles. The standard InChI is InChI=1S/C15H19FN2O4S/c1-23(20,21)18(11-4-2-3-10(16)7-11)9-15(19)17-13-8-14-12(13)5-6-22-14/h2-4,7,12-14H,5-6,8-9H2,1H3,(H,17,19). The van der Waals surface area contributed by atoms with Crippen LogP contribution in [0.25, 0.3) is 0 Å². The molecule has 3 rings (SSSR count). The third-order valence-corrected chi connectivity index (χ3v) is 5.53. The Morgan fingerprint density at radius 2 is 2.26 bits per heavy atom. The molecule has 0 radical (unpaired) electrons. The molecule has 0 spiro atoms. The second kappa shape index (κ2) is 6.09. The lowest BCUT2D eigenvalue weighted by Crippen LogP contribution is -2.55. The van der Waals surface area contributed by atoms with Crippen LogP contribution in [0.4, 0.5) is 10.1 Å². The van der Waals surface area contributed by atoms with Gasteiger partial charge in [-0.3, -0.25) is 9.10 Å². The average molecular weight is 342 g/mol. The van der Waals surface area contributed by atoms with E-state index < -0.39 is 21.7 Å². The molecule has 2 aliphatic rings. The van der Waals surface area contributed by atoms with Gasteiger partial charge in [-0.25, -0.2) is 12.8 Å². The first-order chi connectivity index (χ1) is 10.8. The molecule has 1 saturated heterocycles. The van der Waals surface area contributed by atoms with Crippen molar-refractivity contribution in [1.82, 2.24) is 5.32 Å². The number of amides is 1. The van der Waals surface area contributed by atoms with Crippen molar-refractivity contribution >= 4 is 21.6 Å². The third-order valence-electron chi connectivity index (χ3n) is 4.39. The fraction of sp³-hybridized carbons (Fsp3) is 0.533. The molecule has 3 atom stereocenters. The summed E-state index contributed by atoms with van der Waals surface area (Å²) in [4.78, 5) is 12.2. The maximum Gasteiger partial charge on any atom is 0.241 e. The summed E-state index contributed by atoms with van der Waals surface area (Å²) in [6.07, 6.45) is 2.88. The molecule has 6 nitrogen and oxygen atoms in total. The van der Waals surface area contributed by atoms with Gasteiger partial charge in [0.15, 0.2) is 0 Å². The molecule has 1 amide bonds. The predicted molar refractivity (Wildman–Crippen MR) is 83.0 cm³/mol. The molecular weight excluding hydrogens is 323 g/mol. The van der Waals surface area contributed by atoms with Gasteiger partial charge in [0.25, 0.3) is 0 Å². The van der Waals surface area contributed by atoms with Crippen molar-refractivity contribution in [3.63, 3.8) is 0 Å². The van der Waals surface area contributed by atoms with E-state index in [0.29, 0.717) is 12.5 Å². The smallest absolute Gasteiger partial charge is 0.241 e. The number of carbonyl (C=O) groups is 1. The first-order valence-corrected chi connectivity index (χ1v) is 9.33. The predicted octanol–water partition coefficient (Wildman–Crippen LogP) is 0.885. The van der Waals surface area contributed by atoms with Crippen LogP contribution in [0.2, 0.25) is 0 Å². The maximum absolute atomic E-state index is 13.3. The Hall–Kier alpha value is -1.67. The molecule has 126 valence electrons. The number of hydrogen-bond donors (Lipinski definition) is 1. The molecule has 0 aromatic heterocycles. The molecule has 1 N–H and O–H groups in total. The summed E-state index contributed by atoms with van der Waals surface area (Å²) in [5, 5.41) is 2.86. The van der Waals surface area contributed by atoms with E-state index in [1.807, 2.05) is 0 Å². The normalized spacial score (nSPS) is 26.3. The molecule has 1 aromatic carbocycles. The fourth-order valence-corrected chi connectivity index (χ4v) is 4.03. The number of carbonyl (C=O) groups excluding carboxylic acids is 1. The Bertz CT molecular complexity index is 709. The van der Waals surface area contributed by atoms with Gasteiger partial charge in [-0.15, -0.1) is 0 Å². The highest BCUT2D eigenvalue weighted by Crippen LogP contribution is 2.38. The molecule has 1 aromatic rings. The van der Waals surface area contributed by atoms with Crippen molar-refractivity contribution in [2.75, 3.05) is 23.7 Å². The lowest BCUT2D eigenvalue weighted by atomic mass is 9.76. The van der Waals surface area contributed by atoms with Crippen LogP contribution < -0.4 is 9.62 Å². The SMILES string of the molecule is CS(=O)(=O)N(CC(=O)NC1CC2OCCC12)c1cccc(F)c1. The maximum atomic E-state index is 13.3. The van der Waals surface area contributed by atoms with Crippen LogP contribution >= 0.6 is 0 Å². The molecule has 1 aliphatic heterocycles. The molecule has 3 unspecified atom stereocenters. The van der Waals surface area contributed by atoms with Crippen molar-refractivity contribution in [1.29, 1.82) is 0 Å². The van der Waals surface area contributed by atoms with Crippen LogP contribution in [-0.4, -0.2) is 45.9 Å². The molecule has 8 heteroatoms. The molecule has 23 heavy (non-hydrogen) atoms. The van der Waals surface area contributed by atoms with Gasteiger partial charge in [-0.1, -0.05) is 6.07 Å². The van der Waals surface area contributed by atoms with Gasteiger partial charge in [-0.05, 0) is 31.0 Å². The van der Waals surface area contributed by atoms with Gasteiger partial charge in [0.05, 0.1) is 18.0 Å².